The fourth-order valence-electron chi connectivity index (χ4n) is 2.44. The Kier molecular flexibility index (Phi) is 4.98. The number of rotatable bonds is 4. The summed E-state index contributed by atoms with van der Waals surface area (Å²) in [5, 5.41) is 8.57. The molecule has 0 aliphatic carbocycles. The molecule has 23 heavy (non-hydrogen) atoms. The second kappa shape index (κ2) is 7.33. The molecule has 2 aromatic rings. The average Bonchev–Trinajstić information content (AvgIpc) is 2.93. The third kappa shape index (κ3) is 4.36. The predicted octanol–water partition coefficient (Wildman–Crippen LogP) is 3.59. The smallest absolute Gasteiger partial charge is 0.180 e. The standard InChI is InChI=1S/C18H19N3OS/c1-13-9-16-10-15(7-8-17(16)22-13)11-20-21-18(19)23-12-14-5-3-2-4-6-14/h2-8,10-11,13H,9,12H2,1H3,(H2,19,21). The van der Waals surface area contributed by atoms with Gasteiger partial charge in [0.25, 0.3) is 0 Å². The highest BCUT2D eigenvalue weighted by Gasteiger charge is 2.18. The van der Waals surface area contributed by atoms with Crippen LogP contribution in [0.3, 0.4) is 0 Å². The van der Waals surface area contributed by atoms with Gasteiger partial charge >= 0.3 is 0 Å². The Labute approximate surface area is 140 Å². The fraction of sp³-hybridized carbons (Fsp3) is 0.222. The number of nitrogens with zero attached hydrogens (tertiary/aromatic N) is 2. The van der Waals surface area contributed by atoms with E-state index in [2.05, 4.69) is 35.3 Å². The topological polar surface area (TPSA) is 60.0 Å². The maximum Gasteiger partial charge on any atom is 0.180 e. The van der Waals surface area contributed by atoms with E-state index in [1.54, 1.807) is 6.21 Å². The molecule has 0 saturated carbocycles. The Balaban J connectivity index is 1.56. The van der Waals surface area contributed by atoms with Crippen LogP contribution in [0.5, 0.6) is 5.75 Å². The van der Waals surface area contributed by atoms with Gasteiger partial charge < -0.3 is 10.5 Å². The second-order valence-electron chi connectivity index (χ2n) is 5.46. The zero-order valence-corrected chi connectivity index (χ0v) is 13.8. The van der Waals surface area contributed by atoms with Crippen LogP contribution in [0.25, 0.3) is 0 Å². The largest absolute Gasteiger partial charge is 0.490 e. The Morgan fingerprint density at radius 2 is 2.13 bits per heavy atom. The molecule has 3 rings (SSSR count). The molecule has 1 unspecified atom stereocenters. The molecule has 1 aliphatic heterocycles. The molecule has 2 aromatic carbocycles. The first kappa shape index (κ1) is 15.6. The SMILES string of the molecule is CC1Cc2cc(C=NN=C(N)SCc3ccccc3)ccc2O1. The first-order chi connectivity index (χ1) is 11.2. The van der Waals surface area contributed by atoms with E-state index in [1.807, 2.05) is 30.3 Å². The molecule has 0 radical (unpaired) electrons. The van der Waals surface area contributed by atoms with Crippen LogP contribution in [0.1, 0.15) is 23.6 Å². The number of nitrogens with two attached hydrogens (primary N) is 1. The molecule has 0 spiro atoms. The first-order valence-electron chi connectivity index (χ1n) is 7.53. The number of hydrogen-bond acceptors (Lipinski definition) is 4. The van der Waals surface area contributed by atoms with Crippen LogP contribution in [0, 0.1) is 0 Å². The van der Waals surface area contributed by atoms with Gasteiger partial charge in [-0.15, -0.1) is 5.10 Å². The molecular weight excluding hydrogens is 306 g/mol. The Morgan fingerprint density at radius 3 is 2.96 bits per heavy atom. The summed E-state index contributed by atoms with van der Waals surface area (Å²) in [5.74, 6) is 1.76. The number of amidine groups is 1. The second-order valence-corrected chi connectivity index (χ2v) is 6.45. The van der Waals surface area contributed by atoms with Gasteiger partial charge in [-0.05, 0) is 41.8 Å². The lowest BCUT2D eigenvalue weighted by Gasteiger charge is -2.01. The van der Waals surface area contributed by atoms with Gasteiger partial charge in [-0.1, -0.05) is 42.1 Å². The van der Waals surface area contributed by atoms with Crippen LogP contribution in [-0.4, -0.2) is 17.5 Å². The highest BCUT2D eigenvalue weighted by atomic mass is 32.2. The molecule has 1 heterocycles. The van der Waals surface area contributed by atoms with Crippen molar-refractivity contribution in [3.8, 4) is 5.75 Å². The van der Waals surface area contributed by atoms with Gasteiger partial charge in [-0.2, -0.15) is 5.10 Å². The predicted molar refractivity (Wildman–Crippen MR) is 97.2 cm³/mol. The minimum Gasteiger partial charge on any atom is -0.490 e. The van der Waals surface area contributed by atoms with Crippen molar-refractivity contribution >= 4 is 23.1 Å². The van der Waals surface area contributed by atoms with Gasteiger partial charge in [0.1, 0.15) is 11.9 Å². The van der Waals surface area contributed by atoms with Gasteiger partial charge in [-0.25, -0.2) is 0 Å². The van der Waals surface area contributed by atoms with E-state index in [1.165, 1.54) is 22.9 Å². The maximum atomic E-state index is 5.87. The normalized spacial score (nSPS) is 17.3. The molecule has 1 atom stereocenters. The monoisotopic (exact) mass is 325 g/mol. The molecule has 118 valence electrons. The van der Waals surface area contributed by atoms with Crippen LogP contribution in [0.4, 0.5) is 0 Å². The van der Waals surface area contributed by atoms with Crippen LogP contribution < -0.4 is 10.5 Å². The van der Waals surface area contributed by atoms with Gasteiger partial charge in [0.2, 0.25) is 0 Å². The zero-order chi connectivity index (χ0) is 16.1. The number of hydrogen-bond donors (Lipinski definition) is 1. The molecule has 0 saturated heterocycles. The quantitative estimate of drug-likeness (QED) is 0.531. The average molecular weight is 325 g/mol. The van der Waals surface area contributed by atoms with Crippen molar-refractivity contribution in [2.45, 2.75) is 25.2 Å². The lowest BCUT2D eigenvalue weighted by atomic mass is 10.1. The van der Waals surface area contributed by atoms with Crippen molar-refractivity contribution in [1.29, 1.82) is 0 Å². The number of thioether (sulfide) groups is 1. The van der Waals surface area contributed by atoms with E-state index in [0.717, 1.165) is 23.5 Å². The van der Waals surface area contributed by atoms with Crippen molar-refractivity contribution in [2.24, 2.45) is 15.9 Å². The summed E-state index contributed by atoms with van der Waals surface area (Å²) >= 11 is 1.48. The zero-order valence-electron chi connectivity index (χ0n) is 13.0. The molecule has 5 heteroatoms. The molecule has 0 aromatic heterocycles. The highest BCUT2D eigenvalue weighted by Crippen LogP contribution is 2.28. The van der Waals surface area contributed by atoms with E-state index < -0.39 is 0 Å². The van der Waals surface area contributed by atoms with E-state index in [-0.39, 0.29) is 6.10 Å². The molecule has 4 nitrogen and oxygen atoms in total. The highest BCUT2D eigenvalue weighted by molar-refractivity contribution is 8.13. The molecule has 0 fully saturated rings. The van der Waals surface area contributed by atoms with Crippen molar-refractivity contribution in [3.05, 3.63) is 65.2 Å². The summed E-state index contributed by atoms with van der Waals surface area (Å²) in [5.41, 5.74) is 9.31. The van der Waals surface area contributed by atoms with Crippen molar-refractivity contribution < 1.29 is 4.74 Å². The summed E-state index contributed by atoms with van der Waals surface area (Å²) in [6.07, 6.45) is 2.91. The van der Waals surface area contributed by atoms with Crippen molar-refractivity contribution in [2.75, 3.05) is 0 Å². The van der Waals surface area contributed by atoms with Crippen LogP contribution in [0.2, 0.25) is 0 Å². The van der Waals surface area contributed by atoms with Gasteiger partial charge in [0, 0.05) is 12.2 Å². The first-order valence-corrected chi connectivity index (χ1v) is 8.52. The number of ether oxygens (including phenoxy) is 1. The summed E-state index contributed by atoms with van der Waals surface area (Å²) in [7, 11) is 0. The molecule has 0 bridgehead atoms. The fourth-order valence-corrected chi connectivity index (χ4v) is 3.05. The lowest BCUT2D eigenvalue weighted by molar-refractivity contribution is 0.254. The molecule has 2 N–H and O–H groups in total. The summed E-state index contributed by atoms with van der Waals surface area (Å²) < 4.78 is 5.68. The third-order valence-electron chi connectivity index (χ3n) is 3.51. The number of benzene rings is 2. The molecular formula is C18H19N3OS. The lowest BCUT2D eigenvalue weighted by Crippen LogP contribution is -2.06. The Hall–Kier alpha value is -2.27. The van der Waals surface area contributed by atoms with Crippen LogP contribution in [-0.2, 0) is 12.2 Å². The van der Waals surface area contributed by atoms with Gasteiger partial charge in [0.15, 0.2) is 5.17 Å². The molecule has 0 amide bonds. The third-order valence-corrected chi connectivity index (χ3v) is 4.37. The molecule has 1 aliphatic rings. The minimum absolute atomic E-state index is 0.250. The van der Waals surface area contributed by atoms with E-state index in [0.29, 0.717) is 5.17 Å². The minimum atomic E-state index is 0.250. The summed E-state index contributed by atoms with van der Waals surface area (Å²) in [4.78, 5) is 0. The number of fused-ring (bicyclic) bond motifs is 1. The van der Waals surface area contributed by atoms with Gasteiger partial charge in [0.05, 0.1) is 6.21 Å². The maximum absolute atomic E-state index is 5.87. The van der Waals surface area contributed by atoms with Crippen LogP contribution in [0.15, 0.2) is 58.7 Å². The summed E-state index contributed by atoms with van der Waals surface area (Å²) in [6, 6.07) is 16.2. The van der Waals surface area contributed by atoms with Gasteiger partial charge in [-0.3, -0.25) is 0 Å². The Morgan fingerprint density at radius 1 is 1.30 bits per heavy atom. The Bertz CT molecular complexity index is 728. The summed E-state index contributed by atoms with van der Waals surface area (Å²) in [6.45, 7) is 2.07. The van der Waals surface area contributed by atoms with E-state index in [4.69, 9.17) is 10.5 Å². The van der Waals surface area contributed by atoms with Crippen molar-refractivity contribution in [3.63, 3.8) is 0 Å². The van der Waals surface area contributed by atoms with Crippen LogP contribution >= 0.6 is 11.8 Å². The van der Waals surface area contributed by atoms with Crippen molar-refractivity contribution in [1.82, 2.24) is 0 Å². The van der Waals surface area contributed by atoms with E-state index >= 15 is 0 Å². The van der Waals surface area contributed by atoms with E-state index in [9.17, 15) is 0 Å².